The Bertz CT molecular complexity index is 823. The molecule has 0 saturated carbocycles. The average molecular weight is 336 g/mol. The minimum Gasteiger partial charge on any atom is -0.478 e. The van der Waals surface area contributed by atoms with Crippen LogP contribution in [0, 0.1) is 6.92 Å². The number of thiophene rings is 1. The van der Waals surface area contributed by atoms with Crippen molar-refractivity contribution >= 4 is 40.2 Å². The van der Waals surface area contributed by atoms with E-state index in [4.69, 9.17) is 16.7 Å². The van der Waals surface area contributed by atoms with Gasteiger partial charge < -0.3 is 5.11 Å². The standard InChI is InChI=1S/C15H10ClNO2S2/c1-8-4-10(16)2-3-11(8)14-17-12(7-21-14)13-5-9(6-20-13)15(18)19/h2-7H,1H3,(H,18,19). The third-order valence-electron chi connectivity index (χ3n) is 3.02. The number of aromatic carboxylic acids is 1. The predicted molar refractivity (Wildman–Crippen MR) is 87.6 cm³/mol. The molecule has 21 heavy (non-hydrogen) atoms. The first-order valence-electron chi connectivity index (χ1n) is 6.09. The molecule has 0 amide bonds. The van der Waals surface area contributed by atoms with E-state index < -0.39 is 5.97 Å². The zero-order chi connectivity index (χ0) is 15.0. The number of aryl methyl sites for hydroxylation is 1. The van der Waals surface area contributed by atoms with Crippen LogP contribution in [-0.4, -0.2) is 16.1 Å². The van der Waals surface area contributed by atoms with E-state index in [0.717, 1.165) is 26.7 Å². The molecule has 6 heteroatoms. The van der Waals surface area contributed by atoms with Gasteiger partial charge in [0.1, 0.15) is 5.01 Å². The largest absolute Gasteiger partial charge is 0.478 e. The fourth-order valence-corrected chi connectivity index (χ4v) is 4.01. The Kier molecular flexibility index (Phi) is 3.80. The van der Waals surface area contributed by atoms with E-state index in [1.165, 1.54) is 11.3 Å². The Balaban J connectivity index is 1.97. The average Bonchev–Trinajstić information content (AvgIpc) is 3.07. The Hall–Kier alpha value is -1.69. The van der Waals surface area contributed by atoms with E-state index in [1.54, 1.807) is 22.8 Å². The lowest BCUT2D eigenvalue weighted by atomic mass is 10.1. The van der Waals surface area contributed by atoms with Crippen LogP contribution in [0.15, 0.2) is 35.0 Å². The number of rotatable bonds is 3. The Morgan fingerprint density at radius 2 is 2.05 bits per heavy atom. The van der Waals surface area contributed by atoms with Gasteiger partial charge in [0.15, 0.2) is 0 Å². The summed E-state index contributed by atoms with van der Waals surface area (Å²) in [5, 5.41) is 14.2. The van der Waals surface area contributed by atoms with Crippen LogP contribution in [0.3, 0.4) is 0 Å². The van der Waals surface area contributed by atoms with Gasteiger partial charge in [0, 0.05) is 21.3 Å². The van der Waals surface area contributed by atoms with Crippen LogP contribution >= 0.6 is 34.3 Å². The number of halogens is 1. The van der Waals surface area contributed by atoms with Crippen LogP contribution in [-0.2, 0) is 0 Å². The normalized spacial score (nSPS) is 10.8. The number of carboxylic acid groups (broad SMARTS) is 1. The molecule has 0 aliphatic rings. The van der Waals surface area contributed by atoms with Gasteiger partial charge >= 0.3 is 5.97 Å². The molecule has 0 radical (unpaired) electrons. The molecule has 0 fully saturated rings. The van der Waals surface area contributed by atoms with Crippen molar-refractivity contribution in [2.45, 2.75) is 6.92 Å². The number of aromatic nitrogens is 1. The quantitative estimate of drug-likeness (QED) is 0.715. The molecule has 2 heterocycles. The van der Waals surface area contributed by atoms with E-state index in [9.17, 15) is 4.79 Å². The molecule has 0 unspecified atom stereocenters. The highest BCUT2D eigenvalue weighted by Gasteiger charge is 2.12. The molecule has 1 N–H and O–H groups in total. The van der Waals surface area contributed by atoms with Crippen molar-refractivity contribution in [3.05, 3.63) is 51.2 Å². The molecule has 0 atom stereocenters. The minimum atomic E-state index is -0.915. The lowest BCUT2D eigenvalue weighted by Crippen LogP contribution is -1.91. The molecule has 0 aliphatic carbocycles. The van der Waals surface area contributed by atoms with E-state index in [2.05, 4.69) is 4.98 Å². The van der Waals surface area contributed by atoms with Gasteiger partial charge in [-0.1, -0.05) is 17.7 Å². The van der Waals surface area contributed by atoms with Crippen molar-refractivity contribution in [2.75, 3.05) is 0 Å². The van der Waals surface area contributed by atoms with E-state index in [-0.39, 0.29) is 0 Å². The second kappa shape index (κ2) is 5.60. The van der Waals surface area contributed by atoms with Gasteiger partial charge in [0.25, 0.3) is 0 Å². The molecule has 3 aromatic rings. The third kappa shape index (κ3) is 2.85. The van der Waals surface area contributed by atoms with Crippen LogP contribution in [0.4, 0.5) is 0 Å². The molecular formula is C15H10ClNO2S2. The summed E-state index contributed by atoms with van der Waals surface area (Å²) in [5.74, 6) is -0.915. The Morgan fingerprint density at radius 3 is 2.71 bits per heavy atom. The molecule has 3 nitrogen and oxygen atoms in total. The fraction of sp³-hybridized carbons (Fsp3) is 0.0667. The SMILES string of the molecule is Cc1cc(Cl)ccc1-c1nc(-c2cc(C(=O)O)cs2)cs1. The molecular weight excluding hydrogens is 326 g/mol. The predicted octanol–water partition coefficient (Wildman–Crippen LogP) is 5.20. The van der Waals surface area contributed by atoms with Crippen LogP contribution < -0.4 is 0 Å². The number of carbonyl (C=O) groups is 1. The van der Waals surface area contributed by atoms with Crippen molar-refractivity contribution in [3.63, 3.8) is 0 Å². The maximum Gasteiger partial charge on any atom is 0.336 e. The number of nitrogens with zero attached hydrogens (tertiary/aromatic N) is 1. The molecule has 106 valence electrons. The van der Waals surface area contributed by atoms with Gasteiger partial charge in [-0.15, -0.1) is 22.7 Å². The number of benzene rings is 1. The summed E-state index contributed by atoms with van der Waals surface area (Å²) in [6.07, 6.45) is 0. The van der Waals surface area contributed by atoms with Gasteiger partial charge in [-0.3, -0.25) is 0 Å². The van der Waals surface area contributed by atoms with Gasteiger partial charge in [-0.05, 0) is 30.7 Å². The smallest absolute Gasteiger partial charge is 0.336 e. The maximum absolute atomic E-state index is 10.9. The van der Waals surface area contributed by atoms with E-state index in [0.29, 0.717) is 10.6 Å². The lowest BCUT2D eigenvalue weighted by molar-refractivity contribution is 0.0697. The van der Waals surface area contributed by atoms with Gasteiger partial charge in [-0.25, -0.2) is 9.78 Å². The number of carboxylic acids is 1. The Morgan fingerprint density at radius 1 is 1.24 bits per heavy atom. The number of thiazole rings is 1. The first kappa shape index (κ1) is 14.3. The fourth-order valence-electron chi connectivity index (χ4n) is 1.96. The zero-order valence-electron chi connectivity index (χ0n) is 11.0. The van der Waals surface area contributed by atoms with Gasteiger partial charge in [-0.2, -0.15) is 0 Å². The van der Waals surface area contributed by atoms with Gasteiger partial charge in [0.2, 0.25) is 0 Å². The van der Waals surface area contributed by atoms with Gasteiger partial charge in [0.05, 0.1) is 16.1 Å². The molecule has 3 rings (SSSR count). The summed E-state index contributed by atoms with van der Waals surface area (Å²) in [7, 11) is 0. The maximum atomic E-state index is 10.9. The molecule has 0 bridgehead atoms. The summed E-state index contributed by atoms with van der Waals surface area (Å²) in [5.41, 5.74) is 3.22. The van der Waals surface area contributed by atoms with Crippen LogP contribution in [0.1, 0.15) is 15.9 Å². The number of hydrogen-bond donors (Lipinski definition) is 1. The third-order valence-corrected chi connectivity index (χ3v) is 5.09. The van der Waals surface area contributed by atoms with E-state index in [1.807, 2.05) is 30.5 Å². The summed E-state index contributed by atoms with van der Waals surface area (Å²) >= 11 is 8.90. The monoisotopic (exact) mass is 335 g/mol. The lowest BCUT2D eigenvalue weighted by Gasteiger charge is -2.02. The summed E-state index contributed by atoms with van der Waals surface area (Å²) < 4.78 is 0. The van der Waals surface area contributed by atoms with Crippen molar-refractivity contribution in [3.8, 4) is 21.1 Å². The second-order valence-electron chi connectivity index (χ2n) is 4.50. The van der Waals surface area contributed by atoms with Crippen molar-refractivity contribution in [1.29, 1.82) is 0 Å². The van der Waals surface area contributed by atoms with Crippen molar-refractivity contribution in [1.82, 2.24) is 4.98 Å². The van der Waals surface area contributed by atoms with Crippen molar-refractivity contribution in [2.24, 2.45) is 0 Å². The number of hydrogen-bond acceptors (Lipinski definition) is 4. The molecule has 0 aliphatic heterocycles. The summed E-state index contributed by atoms with van der Waals surface area (Å²) in [6, 6.07) is 7.36. The second-order valence-corrected chi connectivity index (χ2v) is 6.71. The van der Waals surface area contributed by atoms with Crippen LogP contribution in [0.2, 0.25) is 5.02 Å². The molecule has 2 aromatic heterocycles. The topological polar surface area (TPSA) is 50.2 Å². The highest BCUT2D eigenvalue weighted by Crippen LogP contribution is 2.34. The molecule has 1 aromatic carbocycles. The Labute approximate surface area is 134 Å². The zero-order valence-corrected chi connectivity index (χ0v) is 13.4. The minimum absolute atomic E-state index is 0.298. The highest BCUT2D eigenvalue weighted by molar-refractivity contribution is 7.15. The van der Waals surface area contributed by atoms with Crippen LogP contribution in [0.5, 0.6) is 0 Å². The highest BCUT2D eigenvalue weighted by atomic mass is 35.5. The van der Waals surface area contributed by atoms with Crippen LogP contribution in [0.25, 0.3) is 21.1 Å². The molecule has 0 saturated heterocycles. The van der Waals surface area contributed by atoms with E-state index >= 15 is 0 Å². The summed E-state index contributed by atoms with van der Waals surface area (Å²) in [6.45, 7) is 2.00. The molecule has 0 spiro atoms. The first-order chi connectivity index (χ1) is 10.0. The van der Waals surface area contributed by atoms with Crippen molar-refractivity contribution < 1.29 is 9.90 Å². The summed E-state index contributed by atoms with van der Waals surface area (Å²) in [4.78, 5) is 16.4. The first-order valence-corrected chi connectivity index (χ1v) is 8.22.